The smallest absolute Gasteiger partial charge is 0.224 e. The SMILES string of the molecule is CC(C)(C)CC(=O)Nc1cc2c(cc1N)OCCCO2. The Morgan fingerprint density at radius 1 is 1.25 bits per heavy atom. The second-order valence-electron chi connectivity index (χ2n) is 6.22. The average molecular weight is 278 g/mol. The number of hydrogen-bond acceptors (Lipinski definition) is 4. The number of fused-ring (bicyclic) bond motifs is 1. The lowest BCUT2D eigenvalue weighted by Crippen LogP contribution is -2.20. The zero-order valence-electron chi connectivity index (χ0n) is 12.3. The topological polar surface area (TPSA) is 73.6 Å². The van der Waals surface area contributed by atoms with E-state index in [0.29, 0.717) is 42.5 Å². The van der Waals surface area contributed by atoms with Gasteiger partial charge in [0, 0.05) is 25.0 Å². The second-order valence-corrected chi connectivity index (χ2v) is 6.22. The van der Waals surface area contributed by atoms with Crippen molar-refractivity contribution >= 4 is 17.3 Å². The maximum Gasteiger partial charge on any atom is 0.224 e. The first-order valence-corrected chi connectivity index (χ1v) is 6.84. The van der Waals surface area contributed by atoms with Crippen molar-refractivity contribution in [1.29, 1.82) is 0 Å². The highest BCUT2D eigenvalue weighted by Gasteiger charge is 2.18. The monoisotopic (exact) mass is 278 g/mol. The predicted octanol–water partition coefficient (Wildman–Crippen LogP) is 2.80. The highest BCUT2D eigenvalue weighted by molar-refractivity contribution is 5.94. The summed E-state index contributed by atoms with van der Waals surface area (Å²) in [4.78, 5) is 12.0. The standard InChI is InChI=1S/C15H22N2O3/c1-15(2,3)9-14(18)17-11-8-13-12(7-10(11)16)19-5-4-6-20-13/h7-8H,4-6,9,16H2,1-3H3,(H,17,18). The molecule has 1 aliphatic heterocycles. The minimum atomic E-state index is -0.0653. The Kier molecular flexibility index (Phi) is 4.06. The van der Waals surface area contributed by atoms with Crippen LogP contribution in [-0.4, -0.2) is 19.1 Å². The molecule has 0 bridgehead atoms. The molecule has 1 aliphatic rings. The quantitative estimate of drug-likeness (QED) is 0.816. The summed E-state index contributed by atoms with van der Waals surface area (Å²) in [6.07, 6.45) is 1.27. The Balaban J connectivity index is 2.16. The summed E-state index contributed by atoms with van der Waals surface area (Å²) in [7, 11) is 0. The molecule has 0 saturated heterocycles. The minimum Gasteiger partial charge on any atom is -0.489 e. The number of ether oxygens (including phenoxy) is 2. The van der Waals surface area contributed by atoms with Crippen LogP contribution >= 0.6 is 0 Å². The Bertz CT molecular complexity index is 507. The van der Waals surface area contributed by atoms with Crippen LogP contribution in [0.1, 0.15) is 33.6 Å². The van der Waals surface area contributed by atoms with E-state index in [1.54, 1.807) is 12.1 Å². The van der Waals surface area contributed by atoms with Crippen LogP contribution in [0.5, 0.6) is 11.5 Å². The molecule has 0 unspecified atom stereocenters. The van der Waals surface area contributed by atoms with E-state index in [4.69, 9.17) is 15.2 Å². The molecule has 0 atom stereocenters. The molecule has 1 heterocycles. The van der Waals surface area contributed by atoms with E-state index in [2.05, 4.69) is 5.32 Å². The molecule has 0 saturated carbocycles. The van der Waals surface area contributed by atoms with E-state index in [1.807, 2.05) is 20.8 Å². The summed E-state index contributed by atoms with van der Waals surface area (Å²) in [5.74, 6) is 1.20. The van der Waals surface area contributed by atoms with Crippen molar-refractivity contribution in [3.63, 3.8) is 0 Å². The van der Waals surface area contributed by atoms with Crippen LogP contribution < -0.4 is 20.5 Å². The van der Waals surface area contributed by atoms with E-state index in [-0.39, 0.29) is 11.3 Å². The third kappa shape index (κ3) is 3.79. The van der Waals surface area contributed by atoms with Gasteiger partial charge in [0.1, 0.15) is 0 Å². The Hall–Kier alpha value is -1.91. The van der Waals surface area contributed by atoms with Crippen molar-refractivity contribution in [2.24, 2.45) is 5.41 Å². The van der Waals surface area contributed by atoms with E-state index in [0.717, 1.165) is 6.42 Å². The number of rotatable bonds is 2. The van der Waals surface area contributed by atoms with Crippen LogP contribution in [0, 0.1) is 5.41 Å². The lowest BCUT2D eigenvalue weighted by atomic mass is 9.92. The fourth-order valence-corrected chi connectivity index (χ4v) is 2.01. The Labute approximate surface area is 119 Å². The van der Waals surface area contributed by atoms with Gasteiger partial charge in [-0.1, -0.05) is 20.8 Å². The number of carbonyl (C=O) groups is 1. The van der Waals surface area contributed by atoms with Crippen LogP contribution in [0.2, 0.25) is 0 Å². The van der Waals surface area contributed by atoms with Gasteiger partial charge in [-0.15, -0.1) is 0 Å². The van der Waals surface area contributed by atoms with Crippen LogP contribution in [0.4, 0.5) is 11.4 Å². The number of nitrogens with two attached hydrogens (primary N) is 1. The first kappa shape index (κ1) is 14.5. The number of nitrogen functional groups attached to an aromatic ring is 1. The van der Waals surface area contributed by atoms with Gasteiger partial charge in [-0.2, -0.15) is 0 Å². The first-order chi connectivity index (χ1) is 9.35. The first-order valence-electron chi connectivity index (χ1n) is 6.84. The van der Waals surface area contributed by atoms with Crippen molar-refractivity contribution in [1.82, 2.24) is 0 Å². The maximum atomic E-state index is 12.0. The van der Waals surface area contributed by atoms with Crippen LogP contribution in [0.25, 0.3) is 0 Å². The fraction of sp³-hybridized carbons (Fsp3) is 0.533. The molecule has 1 amide bonds. The molecule has 110 valence electrons. The van der Waals surface area contributed by atoms with Gasteiger partial charge in [-0.25, -0.2) is 0 Å². The van der Waals surface area contributed by atoms with Crippen LogP contribution in [0.3, 0.4) is 0 Å². The van der Waals surface area contributed by atoms with Gasteiger partial charge in [0.05, 0.1) is 24.6 Å². The number of benzene rings is 1. The maximum absolute atomic E-state index is 12.0. The van der Waals surface area contributed by atoms with Gasteiger partial charge in [0.2, 0.25) is 5.91 Å². The molecular weight excluding hydrogens is 256 g/mol. The highest BCUT2D eigenvalue weighted by atomic mass is 16.5. The van der Waals surface area contributed by atoms with E-state index < -0.39 is 0 Å². The van der Waals surface area contributed by atoms with Crippen molar-refractivity contribution in [2.75, 3.05) is 24.3 Å². The Morgan fingerprint density at radius 2 is 1.85 bits per heavy atom. The lowest BCUT2D eigenvalue weighted by Gasteiger charge is -2.18. The number of carbonyl (C=O) groups excluding carboxylic acids is 1. The molecule has 3 N–H and O–H groups in total. The molecule has 5 heteroatoms. The molecule has 0 fully saturated rings. The van der Waals surface area contributed by atoms with Gasteiger partial charge in [0.15, 0.2) is 11.5 Å². The summed E-state index contributed by atoms with van der Waals surface area (Å²) < 4.78 is 11.1. The van der Waals surface area contributed by atoms with Gasteiger partial charge >= 0.3 is 0 Å². The van der Waals surface area contributed by atoms with Crippen LogP contribution in [0.15, 0.2) is 12.1 Å². The van der Waals surface area contributed by atoms with Crippen molar-refractivity contribution in [3.8, 4) is 11.5 Å². The molecule has 0 spiro atoms. The molecule has 20 heavy (non-hydrogen) atoms. The summed E-state index contributed by atoms with van der Waals surface area (Å²) >= 11 is 0. The third-order valence-electron chi connectivity index (χ3n) is 2.88. The highest BCUT2D eigenvalue weighted by Crippen LogP contribution is 2.36. The zero-order valence-corrected chi connectivity index (χ0v) is 12.3. The summed E-state index contributed by atoms with van der Waals surface area (Å²) in [5, 5.41) is 2.84. The van der Waals surface area contributed by atoms with Crippen molar-refractivity contribution in [2.45, 2.75) is 33.6 Å². The molecule has 0 aliphatic carbocycles. The normalized spacial score (nSPS) is 14.6. The molecule has 0 radical (unpaired) electrons. The van der Waals surface area contributed by atoms with Gasteiger partial charge < -0.3 is 20.5 Å². The molecule has 1 aromatic rings. The van der Waals surface area contributed by atoms with Gasteiger partial charge in [0.25, 0.3) is 0 Å². The van der Waals surface area contributed by atoms with Gasteiger partial charge in [-0.3, -0.25) is 4.79 Å². The molecular formula is C15H22N2O3. The van der Waals surface area contributed by atoms with Crippen molar-refractivity contribution < 1.29 is 14.3 Å². The van der Waals surface area contributed by atoms with Crippen LogP contribution in [-0.2, 0) is 4.79 Å². The lowest BCUT2D eigenvalue weighted by molar-refractivity contribution is -0.117. The molecule has 5 nitrogen and oxygen atoms in total. The number of amides is 1. The van der Waals surface area contributed by atoms with E-state index in [9.17, 15) is 4.79 Å². The number of nitrogens with one attached hydrogen (secondary N) is 1. The summed E-state index contributed by atoms with van der Waals surface area (Å²) in [6.45, 7) is 7.27. The second kappa shape index (κ2) is 5.61. The fourth-order valence-electron chi connectivity index (χ4n) is 2.01. The molecule has 0 aromatic heterocycles. The van der Waals surface area contributed by atoms with E-state index >= 15 is 0 Å². The van der Waals surface area contributed by atoms with E-state index in [1.165, 1.54) is 0 Å². The Morgan fingerprint density at radius 3 is 2.45 bits per heavy atom. The molecule has 2 rings (SSSR count). The zero-order chi connectivity index (χ0) is 14.8. The average Bonchev–Trinajstić information content (AvgIpc) is 2.52. The summed E-state index contributed by atoms with van der Waals surface area (Å²) in [5.41, 5.74) is 6.95. The minimum absolute atomic E-state index is 0.0568. The molecule has 1 aromatic carbocycles. The predicted molar refractivity (Wildman–Crippen MR) is 79.2 cm³/mol. The van der Waals surface area contributed by atoms with Crippen molar-refractivity contribution in [3.05, 3.63) is 12.1 Å². The third-order valence-corrected chi connectivity index (χ3v) is 2.88. The number of anilines is 2. The summed E-state index contributed by atoms with van der Waals surface area (Å²) in [6, 6.07) is 3.43. The largest absolute Gasteiger partial charge is 0.489 e. The number of hydrogen-bond donors (Lipinski definition) is 2. The van der Waals surface area contributed by atoms with Gasteiger partial charge in [-0.05, 0) is 5.41 Å².